The van der Waals surface area contributed by atoms with Crippen molar-refractivity contribution in [1.29, 1.82) is 0 Å². The Kier molecular flexibility index (Phi) is 3.65. The van der Waals surface area contributed by atoms with Gasteiger partial charge in [0.1, 0.15) is 5.69 Å². The predicted molar refractivity (Wildman–Crippen MR) is 77.9 cm³/mol. The number of imidazole rings is 1. The number of nitrogens with one attached hydrogen (secondary N) is 1. The number of piperazine rings is 1. The standard InChI is InChI=1S/C14H23N5O/c1-3-11-9-18(8-7-17(11)2)13(20)12-10-19-6-4-5-15-14(19)16-12/h10-11H,3-9H2,1-2H3,(H,15,16). The van der Waals surface area contributed by atoms with Crippen LogP contribution in [0.25, 0.3) is 0 Å². The fraction of sp³-hybridized carbons (Fsp3) is 0.714. The van der Waals surface area contributed by atoms with Crippen LogP contribution in [0, 0.1) is 0 Å². The van der Waals surface area contributed by atoms with Crippen molar-refractivity contribution in [2.75, 3.05) is 38.5 Å². The van der Waals surface area contributed by atoms with Crippen LogP contribution in [0.3, 0.4) is 0 Å². The molecule has 20 heavy (non-hydrogen) atoms. The Morgan fingerprint density at radius 1 is 1.45 bits per heavy atom. The third-order valence-corrected chi connectivity index (χ3v) is 4.39. The van der Waals surface area contributed by atoms with Crippen molar-refractivity contribution in [2.24, 2.45) is 0 Å². The second-order valence-electron chi connectivity index (χ2n) is 5.72. The van der Waals surface area contributed by atoms with Gasteiger partial charge in [-0.3, -0.25) is 9.69 Å². The minimum absolute atomic E-state index is 0.0697. The van der Waals surface area contributed by atoms with Crippen LogP contribution in [0.5, 0.6) is 0 Å². The van der Waals surface area contributed by atoms with Gasteiger partial charge in [0.05, 0.1) is 0 Å². The summed E-state index contributed by atoms with van der Waals surface area (Å²) in [6, 6.07) is 0.461. The molecule has 3 rings (SSSR count). The molecule has 3 heterocycles. The van der Waals surface area contributed by atoms with Crippen molar-refractivity contribution in [3.05, 3.63) is 11.9 Å². The first kappa shape index (κ1) is 13.4. The van der Waals surface area contributed by atoms with Crippen LogP contribution < -0.4 is 5.32 Å². The quantitative estimate of drug-likeness (QED) is 0.871. The van der Waals surface area contributed by atoms with Gasteiger partial charge in [0.25, 0.3) is 5.91 Å². The van der Waals surface area contributed by atoms with E-state index in [0.29, 0.717) is 11.7 Å². The third kappa shape index (κ3) is 2.40. The molecule has 0 bridgehead atoms. The van der Waals surface area contributed by atoms with Gasteiger partial charge in [-0.15, -0.1) is 0 Å². The molecule has 1 unspecified atom stereocenters. The minimum Gasteiger partial charge on any atom is -0.356 e. The number of carbonyl (C=O) groups is 1. The van der Waals surface area contributed by atoms with Crippen LogP contribution >= 0.6 is 0 Å². The maximum Gasteiger partial charge on any atom is 0.274 e. The Bertz CT molecular complexity index is 474. The highest BCUT2D eigenvalue weighted by Crippen LogP contribution is 2.17. The predicted octanol–water partition coefficient (Wildman–Crippen LogP) is 0.865. The van der Waals surface area contributed by atoms with Gasteiger partial charge in [-0.1, -0.05) is 6.92 Å². The van der Waals surface area contributed by atoms with Gasteiger partial charge in [0.15, 0.2) is 0 Å². The average molecular weight is 277 g/mol. The molecule has 2 aliphatic heterocycles. The molecular formula is C14H23N5O. The maximum absolute atomic E-state index is 12.6. The van der Waals surface area contributed by atoms with Gasteiger partial charge in [-0.25, -0.2) is 4.98 Å². The lowest BCUT2D eigenvalue weighted by Crippen LogP contribution is -2.53. The molecular weight excluding hydrogens is 254 g/mol. The summed E-state index contributed by atoms with van der Waals surface area (Å²) in [5.74, 6) is 0.904. The first-order valence-corrected chi connectivity index (χ1v) is 7.49. The molecule has 1 saturated heterocycles. The molecule has 1 aromatic heterocycles. The zero-order valence-electron chi connectivity index (χ0n) is 12.3. The van der Waals surface area contributed by atoms with Gasteiger partial charge >= 0.3 is 0 Å². The van der Waals surface area contributed by atoms with Crippen molar-refractivity contribution in [1.82, 2.24) is 19.4 Å². The van der Waals surface area contributed by atoms with E-state index in [1.807, 2.05) is 15.7 Å². The summed E-state index contributed by atoms with van der Waals surface area (Å²) in [6.45, 7) is 6.60. The monoisotopic (exact) mass is 277 g/mol. The normalized spacial score (nSPS) is 23.3. The van der Waals surface area contributed by atoms with E-state index in [9.17, 15) is 4.79 Å². The molecule has 1 aromatic rings. The zero-order valence-corrected chi connectivity index (χ0v) is 12.3. The van der Waals surface area contributed by atoms with E-state index in [2.05, 4.69) is 29.2 Å². The summed E-state index contributed by atoms with van der Waals surface area (Å²) < 4.78 is 2.05. The summed E-state index contributed by atoms with van der Waals surface area (Å²) in [5.41, 5.74) is 0.578. The highest BCUT2D eigenvalue weighted by Gasteiger charge is 2.28. The minimum atomic E-state index is 0.0697. The van der Waals surface area contributed by atoms with Crippen LogP contribution in [-0.2, 0) is 6.54 Å². The number of fused-ring (bicyclic) bond motifs is 1. The van der Waals surface area contributed by atoms with E-state index in [-0.39, 0.29) is 5.91 Å². The summed E-state index contributed by atoms with van der Waals surface area (Å²) in [7, 11) is 2.13. The molecule has 1 N–H and O–H groups in total. The highest BCUT2D eigenvalue weighted by molar-refractivity contribution is 5.92. The fourth-order valence-electron chi connectivity index (χ4n) is 3.01. The van der Waals surface area contributed by atoms with Gasteiger partial charge in [0, 0.05) is 45.0 Å². The molecule has 0 aromatic carbocycles. The third-order valence-electron chi connectivity index (χ3n) is 4.39. The van der Waals surface area contributed by atoms with Crippen molar-refractivity contribution in [3.63, 3.8) is 0 Å². The first-order chi connectivity index (χ1) is 9.69. The molecule has 0 radical (unpaired) electrons. The van der Waals surface area contributed by atoms with E-state index in [0.717, 1.165) is 51.5 Å². The molecule has 6 nitrogen and oxygen atoms in total. The number of amides is 1. The Labute approximate surface area is 119 Å². The van der Waals surface area contributed by atoms with Gasteiger partial charge in [0.2, 0.25) is 5.95 Å². The number of carbonyl (C=O) groups excluding carboxylic acids is 1. The maximum atomic E-state index is 12.6. The topological polar surface area (TPSA) is 53.4 Å². The average Bonchev–Trinajstić information content (AvgIpc) is 2.91. The van der Waals surface area contributed by atoms with E-state index < -0.39 is 0 Å². The van der Waals surface area contributed by atoms with Gasteiger partial charge < -0.3 is 14.8 Å². The van der Waals surface area contributed by atoms with E-state index >= 15 is 0 Å². The second kappa shape index (κ2) is 5.44. The fourth-order valence-corrected chi connectivity index (χ4v) is 3.01. The Hall–Kier alpha value is -1.56. The summed E-state index contributed by atoms with van der Waals surface area (Å²) in [6.07, 6.45) is 4.05. The molecule has 0 aliphatic carbocycles. The van der Waals surface area contributed by atoms with Crippen molar-refractivity contribution in [3.8, 4) is 0 Å². The van der Waals surface area contributed by atoms with Crippen molar-refractivity contribution < 1.29 is 4.79 Å². The van der Waals surface area contributed by atoms with Gasteiger partial charge in [-0.2, -0.15) is 0 Å². The van der Waals surface area contributed by atoms with Crippen molar-refractivity contribution in [2.45, 2.75) is 32.4 Å². The molecule has 1 fully saturated rings. The Morgan fingerprint density at radius 2 is 2.30 bits per heavy atom. The Balaban J connectivity index is 1.73. The number of hydrogen-bond donors (Lipinski definition) is 1. The van der Waals surface area contributed by atoms with Crippen LogP contribution in [0.15, 0.2) is 6.20 Å². The van der Waals surface area contributed by atoms with E-state index in [1.165, 1.54) is 0 Å². The lowest BCUT2D eigenvalue weighted by atomic mass is 10.1. The molecule has 1 amide bonds. The summed E-state index contributed by atoms with van der Waals surface area (Å²) in [5, 5.41) is 3.24. The number of nitrogens with zero attached hydrogens (tertiary/aromatic N) is 4. The zero-order chi connectivity index (χ0) is 14.1. The molecule has 2 aliphatic rings. The summed E-state index contributed by atoms with van der Waals surface area (Å²) >= 11 is 0. The number of rotatable bonds is 2. The number of anilines is 1. The largest absolute Gasteiger partial charge is 0.356 e. The molecule has 110 valence electrons. The first-order valence-electron chi connectivity index (χ1n) is 7.49. The molecule has 6 heteroatoms. The van der Waals surface area contributed by atoms with Crippen LogP contribution in [0.1, 0.15) is 30.3 Å². The van der Waals surface area contributed by atoms with Gasteiger partial charge in [-0.05, 0) is 19.9 Å². The molecule has 0 spiro atoms. The van der Waals surface area contributed by atoms with Crippen LogP contribution in [0.4, 0.5) is 5.95 Å². The van der Waals surface area contributed by atoms with Crippen molar-refractivity contribution >= 4 is 11.9 Å². The number of aromatic nitrogens is 2. The van der Waals surface area contributed by atoms with E-state index in [4.69, 9.17) is 0 Å². The van der Waals surface area contributed by atoms with Crippen LogP contribution in [0.2, 0.25) is 0 Å². The number of aryl methyl sites for hydroxylation is 1. The van der Waals surface area contributed by atoms with Crippen LogP contribution in [-0.4, -0.2) is 64.5 Å². The lowest BCUT2D eigenvalue weighted by molar-refractivity contribution is 0.0537. The summed E-state index contributed by atoms with van der Waals surface area (Å²) in [4.78, 5) is 21.3. The second-order valence-corrected chi connectivity index (χ2v) is 5.72. The van der Waals surface area contributed by atoms with E-state index in [1.54, 1.807) is 0 Å². The smallest absolute Gasteiger partial charge is 0.274 e. The number of hydrogen-bond acceptors (Lipinski definition) is 4. The molecule has 0 saturated carbocycles. The molecule has 1 atom stereocenters. The Morgan fingerprint density at radius 3 is 3.05 bits per heavy atom. The number of likely N-dealkylation sites (N-methyl/N-ethyl adjacent to an activating group) is 1. The SMILES string of the molecule is CCC1CN(C(=O)c2cn3c(n2)NCCC3)CCN1C. The lowest BCUT2D eigenvalue weighted by Gasteiger charge is -2.38. The highest BCUT2D eigenvalue weighted by atomic mass is 16.2.